The molecule has 0 heterocycles. The molecule has 0 aliphatic heterocycles. The van der Waals surface area contributed by atoms with Crippen LogP contribution in [0.15, 0.2) is 42.5 Å². The van der Waals surface area contributed by atoms with Crippen LogP contribution in [-0.2, 0) is 26.2 Å². The number of sulfonamides is 1. The number of amides is 2. The first-order valence-electron chi connectivity index (χ1n) is 12.0. The van der Waals surface area contributed by atoms with Gasteiger partial charge in [0, 0.05) is 25.6 Å². The third-order valence-electron chi connectivity index (χ3n) is 6.01. The Balaban J connectivity index is 2.19. The van der Waals surface area contributed by atoms with Crippen molar-refractivity contribution < 1.29 is 27.1 Å². The minimum atomic E-state index is -3.66. The molecule has 0 unspecified atom stereocenters. The van der Waals surface area contributed by atoms with Gasteiger partial charge in [0.05, 0.1) is 24.1 Å². The predicted octanol–water partition coefficient (Wildman–Crippen LogP) is 4.37. The van der Waals surface area contributed by atoms with E-state index in [4.69, 9.17) is 16.3 Å². The number of carbonyl (C=O) groups is 2. The third kappa shape index (κ3) is 8.89. The summed E-state index contributed by atoms with van der Waals surface area (Å²) in [4.78, 5) is 27.5. The Morgan fingerprint density at radius 3 is 2.32 bits per heavy atom. The maximum absolute atomic E-state index is 13.4. The lowest BCUT2D eigenvalue weighted by Crippen LogP contribution is -2.49. The van der Waals surface area contributed by atoms with E-state index in [1.54, 1.807) is 31.2 Å². The molecule has 2 amide bonds. The number of rotatable bonds is 13. The molecule has 0 aliphatic rings. The van der Waals surface area contributed by atoms with E-state index >= 15 is 0 Å². The summed E-state index contributed by atoms with van der Waals surface area (Å²) in [5, 5.41) is 3.15. The lowest BCUT2D eigenvalue weighted by Gasteiger charge is -2.30. The van der Waals surface area contributed by atoms with Crippen molar-refractivity contribution in [3.63, 3.8) is 0 Å². The first-order valence-corrected chi connectivity index (χ1v) is 14.3. The summed E-state index contributed by atoms with van der Waals surface area (Å²) in [6.45, 7) is 5.60. The monoisotopic (exact) mass is 555 g/mol. The fraction of sp³-hybridized carbons (Fsp3) is 0.462. The maximum Gasteiger partial charge on any atom is 0.242 e. The van der Waals surface area contributed by atoms with Gasteiger partial charge in [-0.1, -0.05) is 30.7 Å². The van der Waals surface area contributed by atoms with Crippen molar-refractivity contribution in [1.29, 1.82) is 0 Å². The Morgan fingerprint density at radius 2 is 1.78 bits per heavy atom. The molecule has 2 aromatic carbocycles. The summed E-state index contributed by atoms with van der Waals surface area (Å²) in [5.41, 5.74) is 1.02. The van der Waals surface area contributed by atoms with E-state index in [0.29, 0.717) is 17.0 Å². The average molecular weight is 556 g/mol. The van der Waals surface area contributed by atoms with Crippen LogP contribution in [0.5, 0.6) is 5.75 Å². The van der Waals surface area contributed by atoms with Crippen molar-refractivity contribution in [2.75, 3.05) is 24.2 Å². The summed E-state index contributed by atoms with van der Waals surface area (Å²) >= 11 is 6.18. The first-order chi connectivity index (χ1) is 17.4. The molecule has 11 heteroatoms. The number of carbonyl (C=O) groups excluding carboxylic acids is 2. The Labute approximate surface area is 223 Å². The molecule has 0 saturated carbocycles. The predicted molar refractivity (Wildman–Crippen MR) is 144 cm³/mol. The van der Waals surface area contributed by atoms with Crippen LogP contribution in [0.1, 0.15) is 45.6 Å². The van der Waals surface area contributed by atoms with Crippen LogP contribution >= 0.6 is 11.6 Å². The van der Waals surface area contributed by atoms with E-state index in [2.05, 4.69) is 5.32 Å². The van der Waals surface area contributed by atoms with Gasteiger partial charge in [0.25, 0.3) is 0 Å². The summed E-state index contributed by atoms with van der Waals surface area (Å²) in [7, 11) is -2.20. The van der Waals surface area contributed by atoms with Crippen LogP contribution in [-0.4, -0.2) is 57.1 Å². The molecule has 0 saturated heterocycles. The minimum Gasteiger partial charge on any atom is -0.495 e. The van der Waals surface area contributed by atoms with Crippen LogP contribution < -0.4 is 14.4 Å². The molecule has 0 aromatic heterocycles. The van der Waals surface area contributed by atoms with Crippen LogP contribution in [0.4, 0.5) is 10.1 Å². The number of hydrogen-bond acceptors (Lipinski definition) is 5. The summed E-state index contributed by atoms with van der Waals surface area (Å²) in [6, 6.07) is 9.53. The highest BCUT2D eigenvalue weighted by atomic mass is 35.5. The second-order valence-electron chi connectivity index (χ2n) is 8.90. The summed E-state index contributed by atoms with van der Waals surface area (Å²) in [5.74, 6) is -0.605. The molecular formula is C26H35ClFN3O5S. The Bertz CT molecular complexity index is 1180. The molecule has 2 atom stereocenters. The van der Waals surface area contributed by atoms with Gasteiger partial charge >= 0.3 is 0 Å². The zero-order chi connectivity index (χ0) is 27.8. The molecule has 204 valence electrons. The average Bonchev–Trinajstić information content (AvgIpc) is 2.84. The molecule has 0 fully saturated rings. The van der Waals surface area contributed by atoms with Gasteiger partial charge in [-0.2, -0.15) is 0 Å². The number of halogens is 2. The van der Waals surface area contributed by atoms with Crippen LogP contribution in [0.25, 0.3) is 0 Å². The summed E-state index contributed by atoms with van der Waals surface area (Å²) in [6.07, 6.45) is 2.02. The van der Waals surface area contributed by atoms with Crippen LogP contribution in [0.2, 0.25) is 5.02 Å². The molecule has 37 heavy (non-hydrogen) atoms. The molecule has 0 bridgehead atoms. The number of nitrogens with one attached hydrogen (secondary N) is 1. The largest absolute Gasteiger partial charge is 0.495 e. The van der Waals surface area contributed by atoms with Crippen LogP contribution in [0.3, 0.4) is 0 Å². The fourth-order valence-corrected chi connectivity index (χ4v) is 4.86. The third-order valence-corrected chi connectivity index (χ3v) is 7.50. The second-order valence-corrected chi connectivity index (χ2v) is 11.2. The van der Waals surface area contributed by atoms with Crippen molar-refractivity contribution >= 4 is 39.1 Å². The standard InChI is InChI=1S/C26H35ClFN3O5S/c1-6-18(2)29-26(33)19(3)30(17-20-9-11-21(28)12-10-20)25(32)8-7-15-31(37(5,34)35)22-13-14-24(36-4)23(27)16-22/h9-14,16,18-19H,6-8,15,17H2,1-5H3,(H,29,33)/t18-,19+/m1/s1. The molecular weight excluding hydrogens is 521 g/mol. The van der Waals surface area contributed by atoms with E-state index < -0.39 is 21.9 Å². The number of benzene rings is 2. The molecule has 2 rings (SSSR count). The zero-order valence-corrected chi connectivity index (χ0v) is 23.4. The first kappa shape index (κ1) is 30.4. The number of hydrogen-bond donors (Lipinski definition) is 1. The lowest BCUT2D eigenvalue weighted by molar-refractivity contribution is -0.140. The highest BCUT2D eigenvalue weighted by molar-refractivity contribution is 7.92. The van der Waals surface area contributed by atoms with Gasteiger partial charge in [-0.25, -0.2) is 12.8 Å². The highest BCUT2D eigenvalue weighted by Gasteiger charge is 2.27. The number of methoxy groups -OCH3 is 1. The highest BCUT2D eigenvalue weighted by Crippen LogP contribution is 2.30. The van der Waals surface area contributed by atoms with E-state index in [0.717, 1.165) is 12.7 Å². The number of anilines is 1. The van der Waals surface area contributed by atoms with Gasteiger partial charge in [0.2, 0.25) is 21.8 Å². The Morgan fingerprint density at radius 1 is 1.14 bits per heavy atom. The smallest absolute Gasteiger partial charge is 0.242 e. The van der Waals surface area contributed by atoms with Gasteiger partial charge < -0.3 is 15.0 Å². The SMILES string of the molecule is CC[C@@H](C)NC(=O)[C@H](C)N(Cc1ccc(F)cc1)C(=O)CCCN(c1ccc(OC)c(Cl)c1)S(C)(=O)=O. The van der Waals surface area contributed by atoms with Crippen LogP contribution in [0, 0.1) is 5.82 Å². The fourth-order valence-electron chi connectivity index (χ4n) is 3.65. The van der Waals surface area contributed by atoms with E-state index in [9.17, 15) is 22.4 Å². The van der Waals surface area contributed by atoms with Crippen molar-refractivity contribution in [1.82, 2.24) is 10.2 Å². The number of ether oxygens (including phenoxy) is 1. The van der Waals surface area contributed by atoms with E-state index in [-0.39, 0.29) is 48.8 Å². The normalized spacial score (nSPS) is 12.9. The second kappa shape index (κ2) is 13.6. The quantitative estimate of drug-likeness (QED) is 0.396. The maximum atomic E-state index is 13.4. The van der Waals surface area contributed by atoms with Gasteiger partial charge in [-0.05, 0) is 62.6 Å². The van der Waals surface area contributed by atoms with Gasteiger partial charge in [-0.3, -0.25) is 13.9 Å². The minimum absolute atomic E-state index is 0.00193. The van der Waals surface area contributed by atoms with Gasteiger partial charge in [0.15, 0.2) is 0 Å². The summed E-state index contributed by atoms with van der Waals surface area (Å²) < 4.78 is 44.6. The van der Waals surface area contributed by atoms with Gasteiger partial charge in [-0.15, -0.1) is 0 Å². The molecule has 0 spiro atoms. The van der Waals surface area contributed by atoms with E-state index in [1.165, 1.54) is 34.5 Å². The topological polar surface area (TPSA) is 96.0 Å². The van der Waals surface area contributed by atoms with Crippen molar-refractivity contribution in [2.45, 2.75) is 58.7 Å². The van der Waals surface area contributed by atoms with E-state index in [1.807, 2.05) is 13.8 Å². The molecule has 0 radical (unpaired) electrons. The van der Waals surface area contributed by atoms with Crippen molar-refractivity contribution in [2.24, 2.45) is 0 Å². The molecule has 1 N–H and O–H groups in total. The zero-order valence-electron chi connectivity index (χ0n) is 21.8. The molecule has 2 aromatic rings. The molecule has 0 aliphatic carbocycles. The lowest BCUT2D eigenvalue weighted by atomic mass is 10.1. The Kier molecular flexibility index (Phi) is 11.2. The van der Waals surface area contributed by atoms with Crippen molar-refractivity contribution in [3.05, 3.63) is 58.9 Å². The van der Waals surface area contributed by atoms with Gasteiger partial charge in [0.1, 0.15) is 17.6 Å². The molecule has 8 nitrogen and oxygen atoms in total. The Hall–Kier alpha value is -2.85. The van der Waals surface area contributed by atoms with Crippen molar-refractivity contribution in [3.8, 4) is 5.75 Å². The number of nitrogens with zero attached hydrogens (tertiary/aromatic N) is 2.